The zero-order chi connectivity index (χ0) is 14.4. The molecule has 0 bridgehead atoms. The number of thiophene rings is 1. The monoisotopic (exact) mass is 293 g/mol. The van der Waals surface area contributed by atoms with Gasteiger partial charge in [0, 0.05) is 6.54 Å². The van der Waals surface area contributed by atoms with Gasteiger partial charge in [0.05, 0.1) is 17.0 Å². The summed E-state index contributed by atoms with van der Waals surface area (Å²) in [5.74, 6) is 1.25. The first-order valence-electron chi connectivity index (χ1n) is 6.67. The van der Waals surface area contributed by atoms with Crippen LogP contribution in [0.4, 0.5) is 0 Å². The highest BCUT2D eigenvalue weighted by molar-refractivity contribution is 7.13. The summed E-state index contributed by atoms with van der Waals surface area (Å²) in [6, 6.07) is 3.90. The second-order valence-corrected chi connectivity index (χ2v) is 5.47. The quantitative estimate of drug-likeness (QED) is 0.766. The summed E-state index contributed by atoms with van der Waals surface area (Å²) in [4.78, 5) is 17.2. The third kappa shape index (κ3) is 3.91. The minimum absolute atomic E-state index is 0.0313. The third-order valence-corrected chi connectivity index (χ3v) is 3.76. The van der Waals surface area contributed by atoms with Gasteiger partial charge in [-0.25, -0.2) is 4.98 Å². The number of oxazole rings is 1. The van der Waals surface area contributed by atoms with Crippen molar-refractivity contribution in [2.24, 2.45) is 5.73 Å². The van der Waals surface area contributed by atoms with Crippen molar-refractivity contribution in [3.05, 3.63) is 29.0 Å². The minimum atomic E-state index is -0.0313. The molecule has 0 aromatic carbocycles. The van der Waals surface area contributed by atoms with Crippen molar-refractivity contribution < 1.29 is 9.21 Å². The summed E-state index contributed by atoms with van der Waals surface area (Å²) >= 11 is 1.57. The second kappa shape index (κ2) is 7.21. The molecule has 6 heteroatoms. The lowest BCUT2D eigenvalue weighted by Crippen LogP contribution is -2.26. The summed E-state index contributed by atoms with van der Waals surface area (Å²) in [5, 5.41) is 4.83. The fourth-order valence-corrected chi connectivity index (χ4v) is 2.46. The smallest absolute Gasteiger partial charge is 0.236 e. The van der Waals surface area contributed by atoms with Gasteiger partial charge in [0.2, 0.25) is 11.8 Å². The summed E-state index contributed by atoms with van der Waals surface area (Å²) in [5.41, 5.74) is 6.10. The standard InChI is InChI=1S/C14H19N3O2S/c1-10-11(9-13(18)16-7-3-2-6-15)17-14(19-10)12-5-4-8-20-12/h4-5,8H,2-3,6-7,9,15H2,1H3,(H,16,18). The lowest BCUT2D eigenvalue weighted by molar-refractivity contribution is -0.120. The number of nitrogens with zero attached hydrogens (tertiary/aromatic N) is 1. The molecule has 0 aliphatic rings. The van der Waals surface area contributed by atoms with E-state index in [9.17, 15) is 4.79 Å². The van der Waals surface area contributed by atoms with Gasteiger partial charge in [0.25, 0.3) is 0 Å². The summed E-state index contributed by atoms with van der Waals surface area (Å²) in [7, 11) is 0. The molecular formula is C14H19N3O2S. The van der Waals surface area contributed by atoms with Crippen molar-refractivity contribution in [2.75, 3.05) is 13.1 Å². The maximum absolute atomic E-state index is 11.8. The van der Waals surface area contributed by atoms with Gasteiger partial charge in [0.1, 0.15) is 5.76 Å². The van der Waals surface area contributed by atoms with Gasteiger partial charge in [0.15, 0.2) is 0 Å². The Balaban J connectivity index is 1.91. The SMILES string of the molecule is Cc1oc(-c2cccs2)nc1CC(=O)NCCCCN. The first kappa shape index (κ1) is 14.7. The first-order valence-corrected chi connectivity index (χ1v) is 7.55. The van der Waals surface area contributed by atoms with Crippen molar-refractivity contribution in [1.82, 2.24) is 10.3 Å². The van der Waals surface area contributed by atoms with Crippen LogP contribution >= 0.6 is 11.3 Å². The van der Waals surface area contributed by atoms with Gasteiger partial charge in [-0.3, -0.25) is 4.79 Å². The predicted octanol–water partition coefficient (Wildman–Crippen LogP) is 2.11. The van der Waals surface area contributed by atoms with Gasteiger partial charge in [-0.05, 0) is 37.8 Å². The topological polar surface area (TPSA) is 81.2 Å². The molecule has 0 saturated heterocycles. The zero-order valence-electron chi connectivity index (χ0n) is 11.5. The van der Waals surface area contributed by atoms with Crippen LogP contribution in [0.25, 0.3) is 10.8 Å². The van der Waals surface area contributed by atoms with Crippen LogP contribution in [0, 0.1) is 6.92 Å². The van der Waals surface area contributed by atoms with Crippen LogP contribution in [0.1, 0.15) is 24.3 Å². The summed E-state index contributed by atoms with van der Waals surface area (Å²) in [6.45, 7) is 3.15. The number of hydrogen-bond acceptors (Lipinski definition) is 5. The maximum Gasteiger partial charge on any atom is 0.236 e. The number of unbranched alkanes of at least 4 members (excludes halogenated alkanes) is 1. The molecule has 0 atom stereocenters. The van der Waals surface area contributed by atoms with E-state index in [0.29, 0.717) is 30.4 Å². The Bertz CT molecular complexity index is 549. The molecule has 2 aromatic rings. The van der Waals surface area contributed by atoms with E-state index >= 15 is 0 Å². The van der Waals surface area contributed by atoms with Crippen LogP contribution in [-0.4, -0.2) is 24.0 Å². The fraction of sp³-hybridized carbons (Fsp3) is 0.429. The van der Waals surface area contributed by atoms with E-state index in [4.69, 9.17) is 10.2 Å². The van der Waals surface area contributed by atoms with Gasteiger partial charge in [-0.15, -0.1) is 11.3 Å². The minimum Gasteiger partial charge on any atom is -0.440 e. The second-order valence-electron chi connectivity index (χ2n) is 4.52. The molecule has 0 unspecified atom stereocenters. The van der Waals surface area contributed by atoms with E-state index in [1.807, 2.05) is 24.4 Å². The molecular weight excluding hydrogens is 274 g/mol. The van der Waals surface area contributed by atoms with Crippen LogP contribution in [-0.2, 0) is 11.2 Å². The molecule has 20 heavy (non-hydrogen) atoms. The zero-order valence-corrected chi connectivity index (χ0v) is 12.3. The van der Waals surface area contributed by atoms with Crippen LogP contribution in [0.2, 0.25) is 0 Å². The molecule has 0 radical (unpaired) electrons. The van der Waals surface area contributed by atoms with Crippen molar-refractivity contribution in [3.8, 4) is 10.8 Å². The molecule has 2 heterocycles. The van der Waals surface area contributed by atoms with E-state index in [1.54, 1.807) is 11.3 Å². The molecule has 0 aliphatic heterocycles. The Morgan fingerprint density at radius 2 is 2.35 bits per heavy atom. The molecule has 0 spiro atoms. The summed E-state index contributed by atoms with van der Waals surface area (Å²) < 4.78 is 5.61. The number of nitrogens with one attached hydrogen (secondary N) is 1. The van der Waals surface area contributed by atoms with E-state index < -0.39 is 0 Å². The Morgan fingerprint density at radius 3 is 3.05 bits per heavy atom. The number of hydrogen-bond donors (Lipinski definition) is 2. The number of carbonyl (C=O) groups is 1. The summed E-state index contributed by atoms with van der Waals surface area (Å²) in [6.07, 6.45) is 2.08. The highest BCUT2D eigenvalue weighted by Gasteiger charge is 2.14. The van der Waals surface area contributed by atoms with Gasteiger partial charge in [-0.1, -0.05) is 6.07 Å². The highest BCUT2D eigenvalue weighted by Crippen LogP contribution is 2.25. The Kier molecular flexibility index (Phi) is 5.31. The van der Waals surface area contributed by atoms with Gasteiger partial charge in [-0.2, -0.15) is 0 Å². The molecule has 0 aliphatic carbocycles. The number of carbonyl (C=O) groups excluding carboxylic acids is 1. The average Bonchev–Trinajstić information content (AvgIpc) is 3.05. The molecule has 0 fully saturated rings. The molecule has 2 rings (SSSR count). The normalized spacial score (nSPS) is 10.7. The molecule has 0 saturated carbocycles. The molecule has 108 valence electrons. The van der Waals surface area contributed by atoms with E-state index in [-0.39, 0.29) is 12.3 Å². The van der Waals surface area contributed by atoms with Crippen molar-refractivity contribution in [3.63, 3.8) is 0 Å². The van der Waals surface area contributed by atoms with Gasteiger partial charge < -0.3 is 15.5 Å². The van der Waals surface area contributed by atoms with E-state index in [2.05, 4.69) is 10.3 Å². The van der Waals surface area contributed by atoms with E-state index in [0.717, 1.165) is 17.7 Å². The number of aromatic nitrogens is 1. The third-order valence-electron chi connectivity index (χ3n) is 2.91. The van der Waals surface area contributed by atoms with Crippen molar-refractivity contribution >= 4 is 17.2 Å². The molecule has 5 nitrogen and oxygen atoms in total. The molecule has 1 amide bonds. The highest BCUT2D eigenvalue weighted by atomic mass is 32.1. The largest absolute Gasteiger partial charge is 0.440 e. The van der Waals surface area contributed by atoms with Crippen LogP contribution in [0.5, 0.6) is 0 Å². The number of nitrogens with two attached hydrogens (primary N) is 1. The lowest BCUT2D eigenvalue weighted by atomic mass is 10.2. The van der Waals surface area contributed by atoms with Crippen LogP contribution in [0.15, 0.2) is 21.9 Å². The number of amides is 1. The Morgan fingerprint density at radius 1 is 1.50 bits per heavy atom. The Hall–Kier alpha value is -1.66. The van der Waals surface area contributed by atoms with Crippen molar-refractivity contribution in [1.29, 1.82) is 0 Å². The van der Waals surface area contributed by atoms with Gasteiger partial charge >= 0.3 is 0 Å². The Labute approximate surface area is 122 Å². The van der Waals surface area contributed by atoms with Crippen molar-refractivity contribution in [2.45, 2.75) is 26.2 Å². The average molecular weight is 293 g/mol. The number of aryl methyl sites for hydroxylation is 1. The predicted molar refractivity (Wildman–Crippen MR) is 79.6 cm³/mol. The van der Waals surface area contributed by atoms with E-state index in [1.165, 1.54) is 0 Å². The maximum atomic E-state index is 11.8. The number of rotatable bonds is 7. The lowest BCUT2D eigenvalue weighted by Gasteiger charge is -2.03. The fourth-order valence-electron chi connectivity index (χ4n) is 1.81. The molecule has 2 aromatic heterocycles. The van der Waals surface area contributed by atoms with Crippen LogP contribution in [0.3, 0.4) is 0 Å². The van der Waals surface area contributed by atoms with Crippen LogP contribution < -0.4 is 11.1 Å². The molecule has 3 N–H and O–H groups in total. The first-order chi connectivity index (χ1) is 9.70.